The lowest BCUT2D eigenvalue weighted by Gasteiger charge is -2.31. The molecule has 0 aromatic carbocycles. The highest BCUT2D eigenvalue weighted by atomic mass is 33.1. The van der Waals surface area contributed by atoms with Crippen molar-refractivity contribution < 1.29 is 121 Å². The van der Waals surface area contributed by atoms with Crippen LogP contribution in [0.4, 0.5) is 0 Å². The Morgan fingerprint density at radius 2 is 0.915 bits per heavy atom. The lowest BCUT2D eigenvalue weighted by Crippen LogP contribution is -2.62. The summed E-state index contributed by atoms with van der Waals surface area (Å²) in [6.07, 6.45) is 7.28. The fourth-order valence-corrected chi connectivity index (χ4v) is 18.4. The molecule has 130 heavy (non-hydrogen) atoms. The van der Waals surface area contributed by atoms with Crippen LogP contribution in [0.15, 0.2) is 25.0 Å². The topological polar surface area (TPSA) is 736 Å². The molecular formula is C79H124N22O25S4. The number of carboxylic acid groups (broad SMARTS) is 3. The average molecular weight is 1910 g/mol. The van der Waals surface area contributed by atoms with Gasteiger partial charge < -0.3 is 126 Å². The fraction of sp³-hybridized carbons (Fsp3) is 0.671. The van der Waals surface area contributed by atoms with Crippen molar-refractivity contribution in [3.05, 3.63) is 36.4 Å². The molecule has 0 spiro atoms. The van der Waals surface area contributed by atoms with Gasteiger partial charge >= 0.3 is 17.9 Å². The number of nitrogens with two attached hydrogens (primary N) is 2. The minimum Gasteiger partial charge on any atom is -0.481 e. The summed E-state index contributed by atoms with van der Waals surface area (Å²) in [5.74, 6) is -28.7. The summed E-state index contributed by atoms with van der Waals surface area (Å²) in [6, 6.07) is -28.6. The van der Waals surface area contributed by atoms with E-state index in [1.165, 1.54) is 38.9 Å². The van der Waals surface area contributed by atoms with Gasteiger partial charge in [-0.25, -0.2) is 14.8 Å². The van der Waals surface area contributed by atoms with Crippen LogP contribution in [0.5, 0.6) is 0 Å². The second-order valence-corrected chi connectivity index (χ2v) is 37.8. The molecule has 3 fully saturated rings. The van der Waals surface area contributed by atoms with E-state index in [4.69, 9.17) is 11.5 Å². The first-order valence-electron chi connectivity index (χ1n) is 42.8. The highest BCUT2D eigenvalue weighted by Gasteiger charge is 2.44. The van der Waals surface area contributed by atoms with E-state index in [1.807, 2.05) is 0 Å². The van der Waals surface area contributed by atoms with Gasteiger partial charge in [-0.1, -0.05) is 143 Å². The molecule has 3 saturated heterocycles. The zero-order chi connectivity index (χ0) is 96.4. The van der Waals surface area contributed by atoms with Gasteiger partial charge in [0.2, 0.25) is 100 Å². The van der Waals surface area contributed by atoms with Gasteiger partial charge in [0.1, 0.15) is 96.7 Å². The van der Waals surface area contributed by atoms with Crippen LogP contribution in [0.2, 0.25) is 0 Å². The molecule has 5 rings (SSSR count). The molecule has 3 aliphatic heterocycles. The van der Waals surface area contributed by atoms with Crippen LogP contribution in [-0.4, -0.2) is 315 Å². The molecule has 51 heteroatoms. The Morgan fingerprint density at radius 1 is 0.485 bits per heavy atom. The third-order valence-corrected chi connectivity index (χ3v) is 25.6. The van der Waals surface area contributed by atoms with Crippen LogP contribution in [0, 0.1) is 17.8 Å². The maximum Gasteiger partial charge on any atom is 0.327 e. The van der Waals surface area contributed by atoms with Crippen LogP contribution in [0.3, 0.4) is 0 Å². The Hall–Kier alpha value is -10.9. The van der Waals surface area contributed by atoms with Gasteiger partial charge in [0.15, 0.2) is 0 Å². The number of aliphatic hydroxyl groups is 2. The van der Waals surface area contributed by atoms with Crippen molar-refractivity contribution in [1.82, 2.24) is 105 Å². The summed E-state index contributed by atoms with van der Waals surface area (Å²) in [6.45, 7) is 8.16. The van der Waals surface area contributed by atoms with Crippen molar-refractivity contribution in [3.8, 4) is 0 Å². The van der Waals surface area contributed by atoms with Crippen LogP contribution < -0.4 is 91.2 Å². The normalized spacial score (nSPS) is 25.5. The molecule has 47 nitrogen and oxygen atoms in total. The third kappa shape index (κ3) is 38.3. The van der Waals surface area contributed by atoms with Gasteiger partial charge in [-0.3, -0.25) is 96.4 Å². The zero-order valence-electron chi connectivity index (χ0n) is 73.4. The molecule has 17 amide bonds. The smallest absolute Gasteiger partial charge is 0.327 e. The first kappa shape index (κ1) is 110. The Balaban J connectivity index is 1.75. The van der Waals surface area contributed by atoms with Crippen molar-refractivity contribution in [2.45, 2.75) is 267 Å². The van der Waals surface area contributed by atoms with Crippen molar-refractivity contribution in [3.63, 3.8) is 0 Å². The Kier molecular flexibility index (Phi) is 47.8. The van der Waals surface area contributed by atoms with Gasteiger partial charge in [-0.15, -0.1) is 0 Å². The molecule has 2 aromatic heterocycles. The molecule has 0 aliphatic carbocycles. The van der Waals surface area contributed by atoms with E-state index < -0.39 is 314 Å². The van der Waals surface area contributed by atoms with Crippen molar-refractivity contribution in [2.24, 2.45) is 29.2 Å². The molecule has 3 aliphatic rings. The number of carboxylic acids is 3. The van der Waals surface area contributed by atoms with Gasteiger partial charge in [-0.05, 0) is 56.3 Å². The first-order chi connectivity index (χ1) is 61.6. The van der Waals surface area contributed by atoms with Gasteiger partial charge in [-0.2, -0.15) is 0 Å². The van der Waals surface area contributed by atoms with Crippen LogP contribution in [-0.2, 0) is 109 Å². The number of hydrogen-bond acceptors (Lipinski definition) is 29. The number of H-pyrrole nitrogens is 2. The molecule has 5 heterocycles. The highest BCUT2D eigenvalue weighted by molar-refractivity contribution is 8.77. The van der Waals surface area contributed by atoms with E-state index in [0.29, 0.717) is 34.4 Å². The van der Waals surface area contributed by atoms with E-state index in [-0.39, 0.29) is 50.0 Å². The minimum atomic E-state index is -2.06. The monoisotopic (exact) mass is 1910 g/mol. The third-order valence-electron chi connectivity index (χ3n) is 20.7. The summed E-state index contributed by atoms with van der Waals surface area (Å²) < 4.78 is 0. The second kappa shape index (κ2) is 56.6. The van der Waals surface area contributed by atoms with Crippen molar-refractivity contribution in [1.29, 1.82) is 0 Å². The molecule has 26 N–H and O–H groups in total. The average Bonchev–Trinajstić information content (AvgIpc) is 1.63. The SMILES string of the molecule is CCCCCCCCCCC(NCC(=O)N[C@H]1CSSC[C@@H]2NC(=O)[C@H](C(C)C)NC(=O)[C@@H]3CCCN3C(=O)[C@H](CC(N)=O)NC(=O)[C@H](CO)NC(=O)[C@H](CSSC[C@@H](C(=O)O)NC(=O)[C@H](CC(C)C)NC(=O)[C@H](CC(N)=O)NC(=O)[C@H](CO)NC(=O)[C@H](Cc3c[nH]cn3)NC(=O)[C@H](CCC(=O)O)NC(=O)[C@H](CC(C)C)NC(=O)[C@H](Cc3c[nH]cn3)NC2=O)NC1=O)C(=O)O. The maximum absolute atomic E-state index is 15.4. The number of primary amides is 2. The van der Waals surface area contributed by atoms with Crippen molar-refractivity contribution >= 4 is 162 Å². The van der Waals surface area contributed by atoms with Gasteiger partial charge in [0.05, 0.1) is 56.6 Å². The number of imidazole rings is 2. The first-order valence-corrected chi connectivity index (χ1v) is 47.8. The fourth-order valence-electron chi connectivity index (χ4n) is 13.8. The number of carbonyl (C=O) groups excluding carboxylic acids is 17. The summed E-state index contributed by atoms with van der Waals surface area (Å²) >= 11 is 0. The number of aliphatic hydroxyl groups excluding tert-OH is 2. The summed E-state index contributed by atoms with van der Waals surface area (Å²) in [7, 11) is 2.84. The highest BCUT2D eigenvalue weighted by Crippen LogP contribution is 2.27. The number of fused-ring (bicyclic) bond motifs is 9. The van der Waals surface area contributed by atoms with E-state index >= 15 is 19.2 Å². The minimum absolute atomic E-state index is 0.0618. The summed E-state index contributed by atoms with van der Waals surface area (Å²) in [5, 5.41) is 89.1. The summed E-state index contributed by atoms with van der Waals surface area (Å²) in [4.78, 5) is 299. The van der Waals surface area contributed by atoms with Crippen LogP contribution in [0.1, 0.15) is 169 Å². The molecule has 2 bridgehead atoms. The molecule has 2 aromatic rings. The lowest BCUT2D eigenvalue weighted by molar-refractivity contribution is -0.143. The predicted octanol–water partition coefficient (Wildman–Crippen LogP) is -5.51. The number of aromatic nitrogens is 4. The number of nitrogens with one attached hydrogen (secondary N) is 17. The number of unbranched alkanes of at least 4 members (excludes halogenated alkanes) is 7. The predicted molar refractivity (Wildman–Crippen MR) is 473 cm³/mol. The van der Waals surface area contributed by atoms with E-state index in [9.17, 15) is 102 Å². The standard InChI is InChI=1S/C79H124N22O25S4/c1-8-9-10-11-12-13-14-15-17-45(78(123)124)84-30-61(106)87-54-33-127-128-35-56-73(118)92-48(24-42-28-82-37-85-42)67(112)89-46(22-39(2)3)65(110)88-44(19-20-62(107)108)64(109)91-49(25-43-29-83-38-86-43)68(113)95-52(31-102)70(115)93-50(26-59(80)104)69(114)90-47(23-40(4)5)66(111)99-57(79(125)126)36-130-129-34-55(97-72(54)117)74(119)96-53(32-103)71(116)94-51(27-60(81)105)77(122)101-21-16-18-58(101)75(120)100-63(41(6)7)76(121)98-56/h28-29,37-41,44-58,63,84,102-103H,8-27,30-36H2,1-7H3,(H2,80,104)(H2,81,105)(H,82,85)(H,83,86)(H,87,106)(H,88,110)(H,89,112)(H,90,114)(H,91,109)(H,92,118)(H,93,115)(H,94,116)(H,95,113)(H,96,119)(H,97,117)(H,98,121)(H,99,111)(H,100,120)(H,107,108)(H,123,124)(H,125,126)/t44-,45?,46-,47-,48-,49-,50-,51-,52-,53-,54-,55-,56-,57-,58-,63-/m0/s1. The van der Waals surface area contributed by atoms with E-state index in [0.717, 1.165) is 65.0 Å². The molecule has 0 saturated carbocycles. The van der Waals surface area contributed by atoms with Crippen LogP contribution in [0.25, 0.3) is 0 Å². The molecular weight excluding hydrogens is 1790 g/mol. The number of amides is 17. The maximum atomic E-state index is 15.4. The quantitative estimate of drug-likeness (QED) is 0.0234. The van der Waals surface area contributed by atoms with Crippen molar-refractivity contribution in [2.75, 3.05) is 49.3 Å². The number of hydrogen-bond donors (Lipinski definition) is 24. The molecule has 1 unspecified atom stereocenters. The number of aromatic amines is 2. The zero-order valence-corrected chi connectivity index (χ0v) is 76.7. The number of carbonyl (C=O) groups is 20. The largest absolute Gasteiger partial charge is 0.481 e. The number of aliphatic carboxylic acids is 3. The number of nitrogens with zero attached hydrogens (tertiary/aromatic N) is 3. The van der Waals surface area contributed by atoms with E-state index in [2.05, 4.69) is 107 Å². The Labute approximate surface area is 765 Å². The number of rotatable bonds is 33. The molecule has 0 radical (unpaired) electrons. The Morgan fingerprint density at radius 3 is 1.41 bits per heavy atom. The molecule has 724 valence electrons. The lowest BCUT2D eigenvalue weighted by atomic mass is 10.0. The van der Waals surface area contributed by atoms with Gasteiger partial charge in [0, 0.05) is 61.2 Å². The van der Waals surface area contributed by atoms with Crippen LogP contribution >= 0.6 is 43.2 Å². The van der Waals surface area contributed by atoms with E-state index in [1.54, 1.807) is 27.7 Å². The Bertz CT molecular complexity index is 4190. The second-order valence-electron chi connectivity index (χ2n) is 32.7. The summed E-state index contributed by atoms with van der Waals surface area (Å²) in [5.41, 5.74) is 11.4. The van der Waals surface area contributed by atoms with Gasteiger partial charge in [0.25, 0.3) is 0 Å². The molecule has 16 atom stereocenters.